The zero-order chi connectivity index (χ0) is 22.0. The van der Waals surface area contributed by atoms with E-state index in [0.717, 1.165) is 4.90 Å². The topological polar surface area (TPSA) is 90.0 Å². The SMILES string of the molecule is COC(=O)c1cccc(COC(=O)c2cccc(N3C(=O)c4ccccc4C3=O)c2)c1. The van der Waals surface area contributed by atoms with Crippen molar-refractivity contribution in [3.63, 3.8) is 0 Å². The number of hydrogen-bond acceptors (Lipinski definition) is 6. The average Bonchev–Trinajstić information content (AvgIpc) is 3.07. The van der Waals surface area contributed by atoms with E-state index in [4.69, 9.17) is 4.74 Å². The van der Waals surface area contributed by atoms with Crippen molar-refractivity contribution >= 4 is 29.4 Å². The summed E-state index contributed by atoms with van der Waals surface area (Å²) in [6.07, 6.45) is 0. The Morgan fingerprint density at radius 1 is 0.774 bits per heavy atom. The Morgan fingerprint density at radius 3 is 2.03 bits per heavy atom. The summed E-state index contributed by atoms with van der Waals surface area (Å²) in [5.41, 5.74) is 2.10. The minimum absolute atomic E-state index is 0.0547. The second-order valence-electron chi connectivity index (χ2n) is 6.81. The van der Waals surface area contributed by atoms with Gasteiger partial charge in [0.15, 0.2) is 0 Å². The Balaban J connectivity index is 1.50. The predicted octanol–water partition coefficient (Wildman–Crippen LogP) is 3.63. The van der Waals surface area contributed by atoms with Crippen molar-refractivity contribution in [2.45, 2.75) is 6.61 Å². The molecular weight excluding hydrogens is 398 g/mol. The molecule has 1 aliphatic rings. The van der Waals surface area contributed by atoms with Crippen LogP contribution in [0.5, 0.6) is 0 Å². The van der Waals surface area contributed by atoms with Crippen LogP contribution in [0.2, 0.25) is 0 Å². The molecule has 0 aliphatic carbocycles. The lowest BCUT2D eigenvalue weighted by Crippen LogP contribution is -2.29. The summed E-state index contributed by atoms with van der Waals surface area (Å²) in [6, 6.07) is 19.3. The number of nitrogens with zero attached hydrogens (tertiary/aromatic N) is 1. The number of carbonyl (C=O) groups is 4. The van der Waals surface area contributed by atoms with Crippen LogP contribution in [0.1, 0.15) is 47.0 Å². The molecule has 31 heavy (non-hydrogen) atoms. The number of rotatable bonds is 5. The summed E-state index contributed by atoms with van der Waals surface area (Å²) in [5, 5.41) is 0. The maximum Gasteiger partial charge on any atom is 0.338 e. The molecule has 0 aromatic heterocycles. The molecular formula is C24H17NO6. The first-order chi connectivity index (χ1) is 15.0. The maximum absolute atomic E-state index is 12.7. The molecule has 1 heterocycles. The zero-order valence-corrected chi connectivity index (χ0v) is 16.5. The van der Waals surface area contributed by atoms with Crippen molar-refractivity contribution in [3.05, 3.63) is 101 Å². The van der Waals surface area contributed by atoms with Gasteiger partial charge in [0.1, 0.15) is 6.61 Å². The van der Waals surface area contributed by atoms with Crippen LogP contribution in [0.15, 0.2) is 72.8 Å². The van der Waals surface area contributed by atoms with Gasteiger partial charge in [0, 0.05) is 0 Å². The minimum atomic E-state index is -0.623. The highest BCUT2D eigenvalue weighted by molar-refractivity contribution is 6.34. The molecule has 1 aliphatic heterocycles. The van der Waals surface area contributed by atoms with Crippen LogP contribution < -0.4 is 4.90 Å². The normalized spacial score (nSPS) is 12.5. The van der Waals surface area contributed by atoms with E-state index in [1.165, 1.54) is 19.2 Å². The van der Waals surface area contributed by atoms with Gasteiger partial charge < -0.3 is 9.47 Å². The lowest BCUT2D eigenvalue weighted by Gasteiger charge is -2.15. The number of fused-ring (bicyclic) bond motifs is 1. The summed E-state index contributed by atoms with van der Waals surface area (Å²) in [6.45, 7) is -0.0547. The molecule has 0 radical (unpaired) electrons. The van der Waals surface area contributed by atoms with E-state index < -0.39 is 23.8 Å². The number of methoxy groups -OCH3 is 1. The largest absolute Gasteiger partial charge is 0.465 e. The van der Waals surface area contributed by atoms with Gasteiger partial charge in [0.25, 0.3) is 11.8 Å². The fourth-order valence-electron chi connectivity index (χ4n) is 3.33. The van der Waals surface area contributed by atoms with Gasteiger partial charge in [-0.1, -0.05) is 30.3 Å². The zero-order valence-electron chi connectivity index (χ0n) is 16.5. The molecule has 0 unspecified atom stereocenters. The summed E-state index contributed by atoms with van der Waals surface area (Å²) in [4.78, 5) is 50.5. The first-order valence-corrected chi connectivity index (χ1v) is 9.42. The molecule has 0 fully saturated rings. The van der Waals surface area contributed by atoms with E-state index >= 15 is 0 Å². The molecule has 0 N–H and O–H groups in total. The Kier molecular flexibility index (Phi) is 5.32. The number of benzene rings is 3. The third-order valence-electron chi connectivity index (χ3n) is 4.85. The average molecular weight is 415 g/mol. The van der Waals surface area contributed by atoms with Crippen LogP contribution in [-0.4, -0.2) is 30.9 Å². The molecule has 4 rings (SSSR count). The summed E-state index contributed by atoms with van der Waals surface area (Å²) < 4.78 is 10.0. The van der Waals surface area contributed by atoms with Gasteiger partial charge >= 0.3 is 11.9 Å². The van der Waals surface area contributed by atoms with E-state index in [9.17, 15) is 19.2 Å². The van der Waals surface area contributed by atoms with E-state index in [1.807, 2.05) is 0 Å². The second kappa shape index (κ2) is 8.23. The van der Waals surface area contributed by atoms with Crippen molar-refractivity contribution in [2.24, 2.45) is 0 Å². The lowest BCUT2D eigenvalue weighted by atomic mass is 10.1. The number of hydrogen-bond donors (Lipinski definition) is 0. The summed E-state index contributed by atoms with van der Waals surface area (Å²) in [7, 11) is 1.29. The van der Waals surface area contributed by atoms with E-state index in [0.29, 0.717) is 22.3 Å². The number of esters is 2. The highest BCUT2D eigenvalue weighted by atomic mass is 16.5. The van der Waals surface area contributed by atoms with Gasteiger partial charge in [0.05, 0.1) is 35.1 Å². The van der Waals surface area contributed by atoms with Crippen molar-refractivity contribution in [2.75, 3.05) is 12.0 Å². The van der Waals surface area contributed by atoms with Crippen molar-refractivity contribution in [3.8, 4) is 0 Å². The molecule has 0 saturated carbocycles. The highest BCUT2D eigenvalue weighted by Gasteiger charge is 2.36. The van der Waals surface area contributed by atoms with Crippen molar-refractivity contribution < 1.29 is 28.7 Å². The minimum Gasteiger partial charge on any atom is -0.465 e. The standard InChI is InChI=1S/C24H17NO6/c1-30-23(28)16-7-4-6-15(12-16)14-31-24(29)17-8-5-9-18(13-17)25-21(26)19-10-2-3-11-20(19)22(25)27/h2-13H,14H2,1H3. The van der Waals surface area contributed by atoms with Crippen LogP contribution in [0.25, 0.3) is 0 Å². The first kappa shape index (κ1) is 20.0. The third kappa shape index (κ3) is 3.81. The van der Waals surface area contributed by atoms with Crippen LogP contribution >= 0.6 is 0 Å². The van der Waals surface area contributed by atoms with Crippen molar-refractivity contribution in [1.82, 2.24) is 0 Å². The Labute approximate surface area is 177 Å². The Hall–Kier alpha value is -4.26. The monoisotopic (exact) mass is 415 g/mol. The molecule has 7 heteroatoms. The van der Waals surface area contributed by atoms with Crippen LogP contribution in [0.3, 0.4) is 0 Å². The Bertz CT molecular complexity index is 1180. The molecule has 154 valence electrons. The summed E-state index contributed by atoms with van der Waals surface area (Å²) in [5.74, 6) is -1.99. The van der Waals surface area contributed by atoms with Crippen LogP contribution in [0, 0.1) is 0 Å². The summed E-state index contributed by atoms with van der Waals surface area (Å²) >= 11 is 0. The Morgan fingerprint density at radius 2 is 1.39 bits per heavy atom. The number of anilines is 1. The molecule has 0 saturated heterocycles. The number of carbonyl (C=O) groups excluding carboxylic acids is 4. The maximum atomic E-state index is 12.7. The van der Waals surface area contributed by atoms with Gasteiger partial charge in [-0.3, -0.25) is 9.59 Å². The molecule has 0 bridgehead atoms. The van der Waals surface area contributed by atoms with Gasteiger partial charge in [-0.15, -0.1) is 0 Å². The number of imide groups is 1. The van der Waals surface area contributed by atoms with E-state index in [-0.39, 0.29) is 17.9 Å². The van der Waals surface area contributed by atoms with Gasteiger partial charge in [-0.25, -0.2) is 14.5 Å². The highest BCUT2D eigenvalue weighted by Crippen LogP contribution is 2.28. The van der Waals surface area contributed by atoms with Crippen molar-refractivity contribution in [1.29, 1.82) is 0 Å². The van der Waals surface area contributed by atoms with Gasteiger partial charge in [-0.2, -0.15) is 0 Å². The van der Waals surface area contributed by atoms with Gasteiger partial charge in [-0.05, 0) is 48.0 Å². The molecule has 7 nitrogen and oxygen atoms in total. The van der Waals surface area contributed by atoms with Crippen LogP contribution in [0.4, 0.5) is 5.69 Å². The lowest BCUT2D eigenvalue weighted by molar-refractivity contribution is 0.0472. The second-order valence-corrected chi connectivity index (χ2v) is 6.81. The first-order valence-electron chi connectivity index (χ1n) is 9.42. The van der Waals surface area contributed by atoms with Crippen LogP contribution in [-0.2, 0) is 16.1 Å². The molecule has 0 spiro atoms. The fourth-order valence-corrected chi connectivity index (χ4v) is 3.33. The van der Waals surface area contributed by atoms with E-state index in [2.05, 4.69) is 4.74 Å². The fraction of sp³-hybridized carbons (Fsp3) is 0.0833. The number of amides is 2. The predicted molar refractivity (Wildman–Crippen MR) is 111 cm³/mol. The smallest absolute Gasteiger partial charge is 0.338 e. The quantitative estimate of drug-likeness (QED) is 0.467. The third-order valence-corrected chi connectivity index (χ3v) is 4.85. The molecule has 3 aromatic rings. The molecule has 3 aromatic carbocycles. The number of ether oxygens (including phenoxy) is 2. The molecule has 0 atom stereocenters. The molecule has 2 amide bonds. The van der Waals surface area contributed by atoms with Gasteiger partial charge in [0.2, 0.25) is 0 Å². The van der Waals surface area contributed by atoms with E-state index in [1.54, 1.807) is 60.7 Å².